The average Bonchev–Trinajstić information content (AvgIpc) is 2.57. The molecule has 0 radical (unpaired) electrons. The highest BCUT2D eigenvalue weighted by atomic mass is 32.2. The molecule has 0 saturated heterocycles. The molecule has 0 amide bonds. The zero-order chi connectivity index (χ0) is 18.3. The third-order valence-corrected chi connectivity index (χ3v) is 4.68. The number of fused-ring (bicyclic) bond motifs is 1. The molecule has 0 aromatic heterocycles. The normalized spacial score (nSPS) is 11.4. The monoisotopic (exact) mass is 365 g/mol. The van der Waals surface area contributed by atoms with E-state index in [0.29, 0.717) is 19.6 Å². The number of unbranched alkanes of at least 4 members (excludes halogenated alkanes) is 2. The van der Waals surface area contributed by atoms with Crippen molar-refractivity contribution in [3.63, 3.8) is 0 Å². The summed E-state index contributed by atoms with van der Waals surface area (Å²) in [6, 6.07) is 10.2. The molecule has 0 heterocycles. The van der Waals surface area contributed by atoms with Gasteiger partial charge in [-0.3, -0.25) is 9.35 Å². The Labute approximate surface area is 147 Å². The molecule has 0 aliphatic carbocycles. The van der Waals surface area contributed by atoms with Crippen molar-refractivity contribution in [3.05, 3.63) is 36.4 Å². The van der Waals surface area contributed by atoms with Crippen LogP contribution in [0.5, 0.6) is 0 Å². The van der Waals surface area contributed by atoms with Crippen LogP contribution in [0.1, 0.15) is 32.6 Å². The minimum atomic E-state index is -4.23. The molecule has 0 bridgehead atoms. The molecule has 2 aromatic rings. The molecule has 0 fully saturated rings. The SMILES string of the molecule is CCOC(=O)CCCCCNc1cccc2ccc(S(=O)(=O)O)cc12. The summed E-state index contributed by atoms with van der Waals surface area (Å²) in [4.78, 5) is 11.1. The quantitative estimate of drug-likeness (QED) is 0.400. The summed E-state index contributed by atoms with van der Waals surface area (Å²) in [6.07, 6.45) is 2.99. The molecule has 0 atom stereocenters. The lowest BCUT2D eigenvalue weighted by atomic mass is 10.1. The molecule has 2 N–H and O–H groups in total. The van der Waals surface area contributed by atoms with Crippen LogP contribution in [0.2, 0.25) is 0 Å². The van der Waals surface area contributed by atoms with E-state index in [0.717, 1.165) is 35.7 Å². The Morgan fingerprint density at radius 3 is 2.68 bits per heavy atom. The highest BCUT2D eigenvalue weighted by molar-refractivity contribution is 7.85. The minimum Gasteiger partial charge on any atom is -0.466 e. The van der Waals surface area contributed by atoms with Gasteiger partial charge in [0.25, 0.3) is 10.1 Å². The maximum Gasteiger partial charge on any atom is 0.305 e. The highest BCUT2D eigenvalue weighted by Crippen LogP contribution is 2.26. The van der Waals surface area contributed by atoms with E-state index >= 15 is 0 Å². The van der Waals surface area contributed by atoms with Gasteiger partial charge in [-0.05, 0) is 43.4 Å². The zero-order valence-electron chi connectivity index (χ0n) is 14.2. The number of hydrogen-bond donors (Lipinski definition) is 2. The van der Waals surface area contributed by atoms with E-state index in [1.54, 1.807) is 13.0 Å². The number of nitrogens with one attached hydrogen (secondary N) is 1. The van der Waals surface area contributed by atoms with Gasteiger partial charge in [0.15, 0.2) is 0 Å². The molecule has 0 spiro atoms. The van der Waals surface area contributed by atoms with Crippen LogP contribution in [0.3, 0.4) is 0 Å². The van der Waals surface area contributed by atoms with E-state index in [1.807, 2.05) is 18.2 Å². The van der Waals surface area contributed by atoms with Crippen molar-refractivity contribution in [2.75, 3.05) is 18.5 Å². The molecule has 136 valence electrons. The molecule has 2 rings (SSSR count). The van der Waals surface area contributed by atoms with Crippen molar-refractivity contribution in [1.29, 1.82) is 0 Å². The van der Waals surface area contributed by atoms with Crippen LogP contribution in [0.4, 0.5) is 5.69 Å². The molecule has 0 aliphatic heterocycles. The summed E-state index contributed by atoms with van der Waals surface area (Å²) < 4.78 is 36.7. The first-order valence-electron chi connectivity index (χ1n) is 8.31. The van der Waals surface area contributed by atoms with Gasteiger partial charge in [-0.25, -0.2) is 0 Å². The minimum absolute atomic E-state index is 0.122. The van der Waals surface area contributed by atoms with Gasteiger partial charge in [0.1, 0.15) is 0 Å². The molecule has 0 aliphatic rings. The fourth-order valence-electron chi connectivity index (χ4n) is 2.59. The number of ether oxygens (including phenoxy) is 1. The smallest absolute Gasteiger partial charge is 0.305 e. The van der Waals surface area contributed by atoms with Crippen molar-refractivity contribution < 1.29 is 22.5 Å². The number of anilines is 1. The van der Waals surface area contributed by atoms with Gasteiger partial charge in [0.2, 0.25) is 0 Å². The van der Waals surface area contributed by atoms with Crippen molar-refractivity contribution in [2.24, 2.45) is 0 Å². The molecule has 0 unspecified atom stereocenters. The van der Waals surface area contributed by atoms with Crippen molar-refractivity contribution >= 4 is 32.5 Å². The van der Waals surface area contributed by atoms with Gasteiger partial charge in [-0.2, -0.15) is 8.42 Å². The maximum atomic E-state index is 11.3. The summed E-state index contributed by atoms with van der Waals surface area (Å²) in [5, 5.41) is 4.92. The van der Waals surface area contributed by atoms with Gasteiger partial charge >= 0.3 is 5.97 Å². The Kier molecular flexibility index (Phi) is 6.78. The van der Waals surface area contributed by atoms with Crippen LogP contribution < -0.4 is 5.32 Å². The predicted octanol–water partition coefficient (Wildman–Crippen LogP) is 3.62. The third-order valence-electron chi connectivity index (χ3n) is 3.83. The molecule has 0 saturated carbocycles. The van der Waals surface area contributed by atoms with Crippen LogP contribution in [-0.2, 0) is 19.6 Å². The van der Waals surface area contributed by atoms with Crippen LogP contribution in [-0.4, -0.2) is 32.1 Å². The molecule has 25 heavy (non-hydrogen) atoms. The zero-order valence-corrected chi connectivity index (χ0v) is 15.0. The molecular formula is C18H23NO5S. The van der Waals surface area contributed by atoms with Crippen LogP contribution in [0.25, 0.3) is 10.8 Å². The van der Waals surface area contributed by atoms with Crippen molar-refractivity contribution in [3.8, 4) is 0 Å². The fraction of sp³-hybridized carbons (Fsp3) is 0.389. The summed E-state index contributed by atoms with van der Waals surface area (Å²) in [5.74, 6) is -0.165. The van der Waals surface area contributed by atoms with Crippen LogP contribution >= 0.6 is 0 Å². The predicted molar refractivity (Wildman–Crippen MR) is 97.4 cm³/mol. The van der Waals surface area contributed by atoms with E-state index in [-0.39, 0.29) is 10.9 Å². The van der Waals surface area contributed by atoms with Crippen LogP contribution in [0, 0.1) is 0 Å². The van der Waals surface area contributed by atoms with E-state index in [2.05, 4.69) is 5.32 Å². The largest absolute Gasteiger partial charge is 0.466 e. The molecule has 6 nitrogen and oxygen atoms in total. The van der Waals surface area contributed by atoms with E-state index in [9.17, 15) is 17.8 Å². The number of carbonyl (C=O) groups excluding carboxylic acids is 1. The van der Waals surface area contributed by atoms with Gasteiger partial charge in [0.05, 0.1) is 11.5 Å². The molecule has 2 aromatic carbocycles. The third kappa shape index (κ3) is 5.72. The Morgan fingerprint density at radius 2 is 1.96 bits per heavy atom. The lowest BCUT2D eigenvalue weighted by Crippen LogP contribution is -2.05. The fourth-order valence-corrected chi connectivity index (χ4v) is 3.10. The van der Waals surface area contributed by atoms with Crippen molar-refractivity contribution in [2.45, 2.75) is 37.5 Å². The average molecular weight is 365 g/mol. The Bertz CT molecular complexity index is 832. The maximum absolute atomic E-state index is 11.3. The first kappa shape index (κ1) is 19.2. The van der Waals surface area contributed by atoms with Gasteiger partial charge in [0, 0.05) is 24.0 Å². The lowest BCUT2D eigenvalue weighted by Gasteiger charge is -2.10. The first-order chi connectivity index (χ1) is 11.9. The molecule has 7 heteroatoms. The Hall–Kier alpha value is -2.12. The van der Waals surface area contributed by atoms with Gasteiger partial charge in [-0.1, -0.05) is 24.6 Å². The summed E-state index contributed by atoms with van der Waals surface area (Å²) >= 11 is 0. The number of esters is 1. The summed E-state index contributed by atoms with van der Waals surface area (Å²) in [6.45, 7) is 2.91. The van der Waals surface area contributed by atoms with E-state index in [4.69, 9.17) is 4.74 Å². The topological polar surface area (TPSA) is 92.7 Å². The Morgan fingerprint density at radius 1 is 1.16 bits per heavy atom. The van der Waals surface area contributed by atoms with E-state index in [1.165, 1.54) is 12.1 Å². The standard InChI is InChI=1S/C18H23NO5S/c1-2-24-18(20)9-4-3-5-12-19-17-8-6-7-14-10-11-15(13-16(14)17)25(21,22)23/h6-8,10-11,13,19H,2-5,9,12H2,1H3,(H,21,22,23). The second-order valence-corrected chi connectivity index (χ2v) is 7.13. The number of carbonyl (C=O) groups is 1. The summed E-state index contributed by atoms with van der Waals surface area (Å²) in [7, 11) is -4.23. The van der Waals surface area contributed by atoms with Crippen LogP contribution in [0.15, 0.2) is 41.3 Å². The second-order valence-electron chi connectivity index (χ2n) is 5.71. The number of benzene rings is 2. The highest BCUT2D eigenvalue weighted by Gasteiger charge is 2.11. The first-order valence-corrected chi connectivity index (χ1v) is 9.75. The van der Waals surface area contributed by atoms with Crippen molar-refractivity contribution in [1.82, 2.24) is 0 Å². The second kappa shape index (κ2) is 8.82. The lowest BCUT2D eigenvalue weighted by molar-refractivity contribution is -0.143. The Balaban J connectivity index is 1.93. The van der Waals surface area contributed by atoms with Gasteiger partial charge in [-0.15, -0.1) is 0 Å². The molecular weight excluding hydrogens is 342 g/mol. The number of hydrogen-bond acceptors (Lipinski definition) is 5. The number of rotatable bonds is 9. The van der Waals surface area contributed by atoms with Gasteiger partial charge < -0.3 is 10.1 Å². The summed E-state index contributed by atoms with van der Waals surface area (Å²) in [5.41, 5.74) is 0.813. The van der Waals surface area contributed by atoms with E-state index < -0.39 is 10.1 Å².